The largest absolute Gasteiger partial charge is 0.426 e. The highest BCUT2D eigenvalue weighted by atomic mass is 19.4. The minimum Gasteiger partial charge on any atom is -0.297 e. The summed E-state index contributed by atoms with van der Waals surface area (Å²) in [7, 11) is 0. The molecule has 2 nitrogen and oxygen atoms in total. The highest BCUT2D eigenvalue weighted by Gasteiger charge is 2.26. The van der Waals surface area contributed by atoms with Gasteiger partial charge >= 0.3 is 6.18 Å². The normalized spacial score (nSPS) is 15.1. The molecule has 0 bridgehead atoms. The molecule has 14 heavy (non-hydrogen) atoms. The molecule has 0 aromatic rings. The van der Waals surface area contributed by atoms with E-state index in [-0.39, 0.29) is 24.3 Å². The Morgan fingerprint density at radius 2 is 1.93 bits per heavy atom. The van der Waals surface area contributed by atoms with E-state index in [1.807, 2.05) is 0 Å². The molecule has 0 fully saturated rings. The van der Waals surface area contributed by atoms with Crippen LogP contribution in [0, 0.1) is 5.92 Å². The van der Waals surface area contributed by atoms with E-state index in [0.29, 0.717) is 0 Å². The fraction of sp³-hybridized carbons (Fsp3) is 0.778. The third-order valence-electron chi connectivity index (χ3n) is 1.69. The topological polar surface area (TPSA) is 29.4 Å². The minimum absolute atomic E-state index is 0.106. The van der Waals surface area contributed by atoms with Crippen LogP contribution in [0.4, 0.5) is 13.2 Å². The SMILES string of the molecule is CCC(=O)C(N=CC(F)(F)F)C(C)C. The molecule has 0 saturated carbocycles. The third-order valence-corrected chi connectivity index (χ3v) is 1.69. The quantitative estimate of drug-likeness (QED) is 0.654. The molecule has 0 amide bonds. The number of hydrogen-bond acceptors (Lipinski definition) is 2. The molecule has 0 rings (SSSR count). The van der Waals surface area contributed by atoms with Crippen molar-refractivity contribution < 1.29 is 18.0 Å². The molecule has 0 aliphatic heterocycles. The second kappa shape index (κ2) is 5.12. The fourth-order valence-electron chi connectivity index (χ4n) is 1.00. The summed E-state index contributed by atoms with van der Waals surface area (Å²) in [6.07, 6.45) is -4.34. The van der Waals surface area contributed by atoms with E-state index < -0.39 is 12.2 Å². The van der Waals surface area contributed by atoms with Gasteiger partial charge in [0.2, 0.25) is 0 Å². The highest BCUT2D eigenvalue weighted by Crippen LogP contribution is 2.14. The molecule has 82 valence electrons. The first-order valence-corrected chi connectivity index (χ1v) is 4.41. The number of rotatable bonds is 4. The van der Waals surface area contributed by atoms with Gasteiger partial charge < -0.3 is 0 Å². The van der Waals surface area contributed by atoms with Gasteiger partial charge in [0.1, 0.15) is 12.3 Å². The highest BCUT2D eigenvalue weighted by molar-refractivity contribution is 5.85. The molecule has 5 heteroatoms. The third kappa shape index (κ3) is 4.99. The maximum Gasteiger partial charge on any atom is 0.426 e. The second-order valence-corrected chi connectivity index (χ2v) is 3.33. The average Bonchev–Trinajstić information content (AvgIpc) is 2.01. The van der Waals surface area contributed by atoms with Crippen LogP contribution in [0.2, 0.25) is 0 Å². The van der Waals surface area contributed by atoms with E-state index in [1.165, 1.54) is 0 Å². The first kappa shape index (κ1) is 13.1. The van der Waals surface area contributed by atoms with Crippen molar-refractivity contribution >= 4 is 12.0 Å². The number of alkyl halides is 3. The number of hydrogen-bond donors (Lipinski definition) is 0. The van der Waals surface area contributed by atoms with Gasteiger partial charge in [-0.25, -0.2) is 0 Å². The van der Waals surface area contributed by atoms with E-state index in [1.54, 1.807) is 20.8 Å². The number of aliphatic imine (C=N–C) groups is 1. The number of ketones is 1. The summed E-state index contributed by atoms with van der Waals surface area (Å²) in [5, 5.41) is 0. The van der Waals surface area contributed by atoms with Crippen molar-refractivity contribution in [2.45, 2.75) is 39.4 Å². The lowest BCUT2D eigenvalue weighted by molar-refractivity contribution is -0.120. The van der Waals surface area contributed by atoms with E-state index in [0.717, 1.165) is 0 Å². The summed E-state index contributed by atoms with van der Waals surface area (Å²) < 4.78 is 35.4. The van der Waals surface area contributed by atoms with Gasteiger partial charge in [0.15, 0.2) is 5.78 Å². The zero-order valence-corrected chi connectivity index (χ0v) is 8.43. The van der Waals surface area contributed by atoms with Crippen LogP contribution in [0.1, 0.15) is 27.2 Å². The van der Waals surface area contributed by atoms with Crippen LogP contribution in [-0.2, 0) is 4.79 Å². The molecule has 0 spiro atoms. The Morgan fingerprint density at radius 1 is 1.43 bits per heavy atom. The Morgan fingerprint density at radius 3 is 2.21 bits per heavy atom. The van der Waals surface area contributed by atoms with Crippen molar-refractivity contribution in [3.8, 4) is 0 Å². The van der Waals surface area contributed by atoms with E-state index in [9.17, 15) is 18.0 Å². The van der Waals surface area contributed by atoms with Gasteiger partial charge in [-0.05, 0) is 5.92 Å². The number of carbonyl (C=O) groups is 1. The first-order valence-electron chi connectivity index (χ1n) is 4.41. The van der Waals surface area contributed by atoms with Gasteiger partial charge in [-0.2, -0.15) is 13.2 Å². The predicted octanol–water partition coefficient (Wildman–Crippen LogP) is 2.62. The summed E-state index contributed by atoms with van der Waals surface area (Å²) in [4.78, 5) is 14.5. The van der Waals surface area contributed by atoms with E-state index in [4.69, 9.17) is 0 Å². The fourth-order valence-corrected chi connectivity index (χ4v) is 1.00. The standard InChI is InChI=1S/C9H14F3NO/c1-4-7(14)8(6(2)3)13-5-9(10,11)12/h5-6,8H,4H2,1-3H3. The Kier molecular flexibility index (Phi) is 4.80. The van der Waals surface area contributed by atoms with Crippen molar-refractivity contribution in [1.29, 1.82) is 0 Å². The van der Waals surface area contributed by atoms with Crippen LogP contribution in [0.25, 0.3) is 0 Å². The van der Waals surface area contributed by atoms with Gasteiger partial charge in [-0.3, -0.25) is 9.79 Å². The second-order valence-electron chi connectivity index (χ2n) is 3.33. The summed E-state index contributed by atoms with van der Waals surface area (Å²) in [5.41, 5.74) is 0. The summed E-state index contributed by atoms with van der Waals surface area (Å²) >= 11 is 0. The molecule has 0 heterocycles. The van der Waals surface area contributed by atoms with Gasteiger partial charge in [0.05, 0.1) is 0 Å². The molecule has 0 aliphatic carbocycles. The number of nitrogens with zero attached hydrogens (tertiary/aromatic N) is 1. The van der Waals surface area contributed by atoms with Crippen LogP contribution < -0.4 is 0 Å². The van der Waals surface area contributed by atoms with Crippen LogP contribution >= 0.6 is 0 Å². The Hall–Kier alpha value is -0.870. The van der Waals surface area contributed by atoms with Crippen LogP contribution in [0.15, 0.2) is 4.99 Å². The van der Waals surface area contributed by atoms with E-state index in [2.05, 4.69) is 4.99 Å². The molecular weight excluding hydrogens is 195 g/mol. The first-order chi connectivity index (χ1) is 6.28. The van der Waals surface area contributed by atoms with Crippen molar-refractivity contribution in [3.63, 3.8) is 0 Å². The summed E-state index contributed by atoms with van der Waals surface area (Å²) in [6.45, 7) is 4.96. The smallest absolute Gasteiger partial charge is 0.297 e. The van der Waals surface area contributed by atoms with Gasteiger partial charge in [-0.15, -0.1) is 0 Å². The summed E-state index contributed by atoms with van der Waals surface area (Å²) in [5.74, 6) is -0.471. The van der Waals surface area contributed by atoms with E-state index >= 15 is 0 Å². The lowest BCUT2D eigenvalue weighted by Gasteiger charge is -2.14. The Labute approximate surface area is 81.2 Å². The van der Waals surface area contributed by atoms with Crippen molar-refractivity contribution in [2.75, 3.05) is 0 Å². The number of halogens is 3. The van der Waals surface area contributed by atoms with Crippen LogP contribution in [0.5, 0.6) is 0 Å². The molecule has 1 atom stereocenters. The van der Waals surface area contributed by atoms with Gasteiger partial charge in [0, 0.05) is 6.42 Å². The van der Waals surface area contributed by atoms with Crippen molar-refractivity contribution in [2.24, 2.45) is 10.9 Å². The zero-order chi connectivity index (χ0) is 11.4. The Balaban J connectivity index is 4.54. The molecular formula is C9H14F3NO. The number of Topliss-reactive ketones (excluding diaryl/α,β-unsaturated/α-hetero) is 1. The molecule has 0 aromatic heterocycles. The minimum atomic E-state index is -4.44. The lowest BCUT2D eigenvalue weighted by Crippen LogP contribution is -2.25. The Bertz CT molecular complexity index is 221. The predicted molar refractivity (Wildman–Crippen MR) is 48.5 cm³/mol. The van der Waals surface area contributed by atoms with Gasteiger partial charge in [-0.1, -0.05) is 20.8 Å². The van der Waals surface area contributed by atoms with Crippen molar-refractivity contribution in [1.82, 2.24) is 0 Å². The van der Waals surface area contributed by atoms with Crippen molar-refractivity contribution in [3.05, 3.63) is 0 Å². The molecule has 0 radical (unpaired) electrons. The molecule has 0 aromatic carbocycles. The molecule has 0 saturated heterocycles. The molecule has 0 N–H and O–H groups in total. The van der Waals surface area contributed by atoms with Gasteiger partial charge in [0.25, 0.3) is 0 Å². The number of carbonyl (C=O) groups excluding carboxylic acids is 1. The monoisotopic (exact) mass is 209 g/mol. The maximum absolute atomic E-state index is 11.8. The average molecular weight is 209 g/mol. The van der Waals surface area contributed by atoms with Crippen LogP contribution in [0.3, 0.4) is 0 Å². The van der Waals surface area contributed by atoms with Crippen LogP contribution in [-0.4, -0.2) is 24.2 Å². The lowest BCUT2D eigenvalue weighted by atomic mass is 9.99. The molecule has 0 aliphatic rings. The zero-order valence-electron chi connectivity index (χ0n) is 8.43. The summed E-state index contributed by atoms with van der Waals surface area (Å²) in [6, 6.07) is -0.873. The maximum atomic E-state index is 11.8. The molecule has 1 unspecified atom stereocenters.